The van der Waals surface area contributed by atoms with Crippen molar-refractivity contribution in [2.45, 2.75) is 25.0 Å². The SMILES string of the molecule is COc1ccc(CN2C3CC2CN(c2cc[c]cn2)C3)cn1. The van der Waals surface area contributed by atoms with Crippen molar-refractivity contribution in [3.63, 3.8) is 0 Å². The lowest BCUT2D eigenvalue weighted by Gasteiger charge is -2.56. The molecular formula is C17H19N4O. The topological polar surface area (TPSA) is 41.5 Å². The van der Waals surface area contributed by atoms with Crippen LogP contribution in [0.25, 0.3) is 0 Å². The predicted octanol–water partition coefficient (Wildman–Crippen LogP) is 1.75. The highest BCUT2D eigenvalue weighted by Crippen LogP contribution is 2.35. The Kier molecular flexibility index (Phi) is 3.42. The van der Waals surface area contributed by atoms with Gasteiger partial charge in [0.15, 0.2) is 0 Å². The minimum Gasteiger partial charge on any atom is -0.481 e. The Bertz CT molecular complexity index is 619. The summed E-state index contributed by atoms with van der Waals surface area (Å²) < 4.78 is 5.11. The number of methoxy groups -OCH3 is 1. The van der Waals surface area contributed by atoms with Gasteiger partial charge in [-0.3, -0.25) is 4.90 Å². The minimum absolute atomic E-state index is 0.617. The molecular weight excluding hydrogens is 276 g/mol. The first-order valence-electron chi connectivity index (χ1n) is 7.65. The maximum absolute atomic E-state index is 5.11. The first-order chi connectivity index (χ1) is 10.8. The van der Waals surface area contributed by atoms with Gasteiger partial charge in [0.25, 0.3) is 0 Å². The molecule has 113 valence electrons. The van der Waals surface area contributed by atoms with Crippen LogP contribution in [0.15, 0.2) is 36.7 Å². The van der Waals surface area contributed by atoms with Gasteiger partial charge in [0.05, 0.1) is 7.11 Å². The second kappa shape index (κ2) is 5.57. The second-order valence-corrected chi connectivity index (χ2v) is 5.95. The number of piperazine rings is 1. The van der Waals surface area contributed by atoms with Gasteiger partial charge in [-0.2, -0.15) is 0 Å². The maximum Gasteiger partial charge on any atom is 0.212 e. The summed E-state index contributed by atoms with van der Waals surface area (Å²) in [6.07, 6.45) is 4.95. The van der Waals surface area contributed by atoms with Crippen molar-refractivity contribution in [1.29, 1.82) is 0 Å². The zero-order valence-electron chi connectivity index (χ0n) is 12.6. The van der Waals surface area contributed by atoms with Crippen molar-refractivity contribution >= 4 is 5.82 Å². The van der Waals surface area contributed by atoms with Crippen molar-refractivity contribution in [3.8, 4) is 5.88 Å². The normalized spacial score (nSPS) is 24.0. The third-order valence-corrected chi connectivity index (χ3v) is 4.64. The van der Waals surface area contributed by atoms with Crippen LogP contribution in [0.5, 0.6) is 5.88 Å². The third kappa shape index (κ3) is 2.41. The van der Waals surface area contributed by atoms with Gasteiger partial charge in [-0.15, -0.1) is 0 Å². The molecule has 0 aromatic carbocycles. The molecule has 5 rings (SSSR count). The number of nitrogens with zero attached hydrogens (tertiary/aromatic N) is 4. The average molecular weight is 295 g/mol. The lowest BCUT2D eigenvalue weighted by molar-refractivity contribution is -0.00877. The Morgan fingerprint density at radius 3 is 2.73 bits per heavy atom. The molecule has 5 nitrogen and oxygen atoms in total. The summed E-state index contributed by atoms with van der Waals surface area (Å²) in [6, 6.07) is 12.2. The molecule has 0 aliphatic carbocycles. The highest BCUT2D eigenvalue weighted by molar-refractivity contribution is 5.40. The van der Waals surface area contributed by atoms with E-state index in [-0.39, 0.29) is 0 Å². The molecule has 3 saturated heterocycles. The Labute approximate surface area is 130 Å². The van der Waals surface area contributed by atoms with Crippen LogP contribution in [0.4, 0.5) is 5.82 Å². The summed E-state index contributed by atoms with van der Waals surface area (Å²) in [7, 11) is 1.64. The number of anilines is 1. The average Bonchev–Trinajstić information content (AvgIpc) is 2.61. The zero-order valence-corrected chi connectivity index (χ0v) is 12.6. The van der Waals surface area contributed by atoms with Crippen LogP contribution < -0.4 is 9.64 Å². The summed E-state index contributed by atoms with van der Waals surface area (Å²) in [4.78, 5) is 13.7. The van der Waals surface area contributed by atoms with Crippen molar-refractivity contribution in [2.24, 2.45) is 0 Å². The van der Waals surface area contributed by atoms with Crippen LogP contribution in [0.3, 0.4) is 0 Å². The van der Waals surface area contributed by atoms with E-state index >= 15 is 0 Å². The molecule has 2 bridgehead atoms. The fraction of sp³-hybridized carbons (Fsp3) is 0.412. The van der Waals surface area contributed by atoms with E-state index in [0.717, 1.165) is 25.5 Å². The molecule has 5 heterocycles. The number of aromatic nitrogens is 2. The van der Waals surface area contributed by atoms with Crippen molar-refractivity contribution < 1.29 is 4.74 Å². The van der Waals surface area contributed by atoms with Gasteiger partial charge in [0.1, 0.15) is 5.82 Å². The monoisotopic (exact) mass is 295 g/mol. The van der Waals surface area contributed by atoms with Gasteiger partial charge >= 0.3 is 0 Å². The van der Waals surface area contributed by atoms with Crippen LogP contribution in [-0.2, 0) is 6.54 Å². The number of hydrogen-bond acceptors (Lipinski definition) is 5. The summed E-state index contributed by atoms with van der Waals surface area (Å²) >= 11 is 0. The molecule has 22 heavy (non-hydrogen) atoms. The molecule has 2 aromatic rings. The van der Waals surface area contributed by atoms with Crippen LogP contribution >= 0.6 is 0 Å². The lowest BCUT2D eigenvalue weighted by atomic mass is 9.87. The molecule has 5 heteroatoms. The van der Waals surface area contributed by atoms with E-state index < -0.39 is 0 Å². The van der Waals surface area contributed by atoms with Crippen molar-refractivity contribution in [2.75, 3.05) is 25.1 Å². The quantitative estimate of drug-likeness (QED) is 0.859. The lowest BCUT2D eigenvalue weighted by Crippen LogP contribution is -2.68. The Morgan fingerprint density at radius 1 is 1.23 bits per heavy atom. The van der Waals surface area contributed by atoms with Crippen LogP contribution in [0, 0.1) is 6.07 Å². The van der Waals surface area contributed by atoms with Gasteiger partial charge < -0.3 is 9.64 Å². The van der Waals surface area contributed by atoms with Crippen molar-refractivity contribution in [3.05, 3.63) is 48.3 Å². The Balaban J connectivity index is 1.40. The molecule has 0 spiro atoms. The molecule has 0 N–H and O–H groups in total. The Morgan fingerprint density at radius 2 is 2.09 bits per heavy atom. The summed E-state index contributed by atoms with van der Waals surface area (Å²) in [5, 5.41) is 0. The van der Waals surface area contributed by atoms with Gasteiger partial charge in [0.2, 0.25) is 5.88 Å². The summed E-state index contributed by atoms with van der Waals surface area (Å²) in [6.45, 7) is 3.07. The molecule has 0 saturated carbocycles. The Hall–Kier alpha value is -2.14. The third-order valence-electron chi connectivity index (χ3n) is 4.64. The number of piperidine rings is 1. The van der Waals surface area contributed by atoms with E-state index in [1.165, 1.54) is 12.0 Å². The van der Waals surface area contributed by atoms with Gasteiger partial charge in [-0.25, -0.2) is 9.97 Å². The first-order valence-corrected chi connectivity index (χ1v) is 7.65. The van der Waals surface area contributed by atoms with E-state index in [4.69, 9.17) is 4.74 Å². The maximum atomic E-state index is 5.11. The van der Waals surface area contributed by atoms with Gasteiger partial charge in [0, 0.05) is 56.2 Å². The fourth-order valence-electron chi connectivity index (χ4n) is 3.47. The predicted molar refractivity (Wildman–Crippen MR) is 83.8 cm³/mol. The zero-order chi connectivity index (χ0) is 14.9. The summed E-state index contributed by atoms with van der Waals surface area (Å²) in [5.41, 5.74) is 1.25. The number of ether oxygens (including phenoxy) is 1. The molecule has 3 aliphatic rings. The fourth-order valence-corrected chi connectivity index (χ4v) is 3.47. The van der Waals surface area contributed by atoms with Crippen molar-refractivity contribution in [1.82, 2.24) is 14.9 Å². The minimum atomic E-state index is 0.617. The van der Waals surface area contributed by atoms with E-state index in [9.17, 15) is 0 Å². The van der Waals surface area contributed by atoms with E-state index in [1.54, 1.807) is 13.3 Å². The highest BCUT2D eigenvalue weighted by atomic mass is 16.5. The number of fused-ring (bicyclic) bond motifs is 2. The smallest absolute Gasteiger partial charge is 0.212 e. The molecule has 0 amide bonds. The van der Waals surface area contributed by atoms with E-state index in [0.29, 0.717) is 18.0 Å². The molecule has 2 atom stereocenters. The molecule has 3 aliphatic heterocycles. The van der Waals surface area contributed by atoms with Crippen LogP contribution in [0.1, 0.15) is 12.0 Å². The van der Waals surface area contributed by atoms with Gasteiger partial charge in [-0.1, -0.05) is 6.07 Å². The molecule has 2 aromatic heterocycles. The molecule has 1 radical (unpaired) electrons. The van der Waals surface area contributed by atoms with Gasteiger partial charge in [-0.05, 0) is 24.1 Å². The number of rotatable bonds is 4. The largest absolute Gasteiger partial charge is 0.481 e. The van der Waals surface area contributed by atoms with E-state index in [2.05, 4.69) is 31.9 Å². The molecule has 3 fully saturated rings. The number of hydrogen-bond donors (Lipinski definition) is 0. The number of pyridine rings is 2. The second-order valence-electron chi connectivity index (χ2n) is 5.95. The molecule has 2 unspecified atom stereocenters. The van der Waals surface area contributed by atoms with Crippen LogP contribution in [-0.4, -0.2) is 47.2 Å². The van der Waals surface area contributed by atoms with Crippen LogP contribution in [0.2, 0.25) is 0 Å². The highest BCUT2D eigenvalue weighted by Gasteiger charge is 2.44. The first kappa shape index (κ1) is 13.5. The van der Waals surface area contributed by atoms with E-state index in [1.807, 2.05) is 24.4 Å². The standard InChI is InChI=1S/C17H19N4O/c1-22-17-6-5-13(9-19-17)10-21-14-8-15(21)12-20(11-14)16-4-2-3-7-18-16/h2,4-7,9,14-15H,8,10-12H2,1H3. The summed E-state index contributed by atoms with van der Waals surface area (Å²) in [5.74, 6) is 1.74.